The lowest BCUT2D eigenvalue weighted by Gasteiger charge is -2.45. The second kappa shape index (κ2) is 6.99. The van der Waals surface area contributed by atoms with E-state index in [1.165, 1.54) is 47.8 Å². The number of Topliss-reactive ketones (excluding diaryl/α,β-unsaturated/α-hetero) is 1. The van der Waals surface area contributed by atoms with Crippen LogP contribution in [0.25, 0.3) is 0 Å². The predicted molar refractivity (Wildman–Crippen MR) is 92.8 cm³/mol. The molecule has 1 aliphatic heterocycles. The number of carbonyl (C=O) groups excluding carboxylic acids is 2. The summed E-state index contributed by atoms with van der Waals surface area (Å²) >= 11 is 5.75. The van der Waals surface area contributed by atoms with Gasteiger partial charge in [0, 0.05) is 10.6 Å². The third kappa shape index (κ3) is 3.50. The highest BCUT2D eigenvalue weighted by molar-refractivity contribution is 6.30. The van der Waals surface area contributed by atoms with Gasteiger partial charge in [-0.25, -0.2) is 4.79 Å². The van der Waals surface area contributed by atoms with Gasteiger partial charge in [0.15, 0.2) is 5.78 Å². The molecule has 4 N–H and O–H groups in total. The van der Waals surface area contributed by atoms with Crippen molar-refractivity contribution in [3.63, 3.8) is 0 Å². The van der Waals surface area contributed by atoms with E-state index < -0.39 is 35.7 Å². The number of alkyl halides is 3. The number of benzene rings is 2. The summed E-state index contributed by atoms with van der Waals surface area (Å²) in [5.74, 6) is -3.52. The molecule has 1 fully saturated rings. The Morgan fingerprint density at radius 2 is 1.79 bits per heavy atom. The average molecular weight is 415 g/mol. The number of hydrogen-bond donors (Lipinski definition) is 4. The van der Waals surface area contributed by atoms with Crippen LogP contribution in [-0.4, -0.2) is 33.9 Å². The molecule has 2 aromatic rings. The summed E-state index contributed by atoms with van der Waals surface area (Å²) in [6.45, 7) is 0. The Bertz CT molecular complexity index is 920. The number of aliphatic hydroxyl groups is 1. The van der Waals surface area contributed by atoms with Crippen LogP contribution < -0.4 is 10.6 Å². The molecule has 0 aliphatic carbocycles. The molecule has 28 heavy (non-hydrogen) atoms. The minimum Gasteiger partial charge on any atom is -0.508 e. The molecular formula is C18H14ClF3N2O4. The zero-order valence-corrected chi connectivity index (χ0v) is 14.8. The van der Waals surface area contributed by atoms with Crippen molar-refractivity contribution in [2.45, 2.75) is 17.9 Å². The van der Waals surface area contributed by atoms with Crippen molar-refractivity contribution < 1.29 is 33.0 Å². The maximum atomic E-state index is 13.7. The Hall–Kier alpha value is -2.78. The second-order valence-electron chi connectivity index (χ2n) is 6.28. The lowest BCUT2D eigenvalue weighted by molar-refractivity contribution is -0.287. The summed E-state index contributed by atoms with van der Waals surface area (Å²) in [6.07, 6.45) is -5.35. The van der Waals surface area contributed by atoms with E-state index in [0.29, 0.717) is 0 Å². The van der Waals surface area contributed by atoms with Gasteiger partial charge in [0.05, 0.1) is 6.04 Å². The molecule has 0 spiro atoms. The van der Waals surface area contributed by atoms with Crippen LogP contribution >= 0.6 is 11.6 Å². The average Bonchev–Trinajstić information content (AvgIpc) is 2.60. The van der Waals surface area contributed by atoms with Crippen LogP contribution in [0.2, 0.25) is 5.02 Å². The quantitative estimate of drug-likeness (QED) is 0.580. The number of ketones is 1. The van der Waals surface area contributed by atoms with Gasteiger partial charge in [-0.15, -0.1) is 0 Å². The fourth-order valence-electron chi connectivity index (χ4n) is 3.13. The number of aromatic hydroxyl groups is 1. The zero-order valence-electron chi connectivity index (χ0n) is 14.0. The standard InChI is InChI=1S/C18H14ClF3N2O4/c19-11-6-4-9(5-7-11)15(26)13-14(10-2-1-3-12(25)8-10)23-16(27)24-17(13,28)18(20,21)22/h1-8,13-14,25,28H,(H2,23,24,27)/t13-,14-,17-/m1/s1. The molecule has 0 aromatic heterocycles. The van der Waals surface area contributed by atoms with Crippen LogP contribution in [0.15, 0.2) is 48.5 Å². The maximum Gasteiger partial charge on any atom is 0.437 e. The van der Waals surface area contributed by atoms with E-state index in [0.717, 1.165) is 6.07 Å². The molecule has 1 aliphatic rings. The Labute approximate surface area is 161 Å². The van der Waals surface area contributed by atoms with Crippen LogP contribution in [0.5, 0.6) is 5.75 Å². The summed E-state index contributed by atoms with van der Waals surface area (Å²) < 4.78 is 41.2. The fraction of sp³-hybridized carbons (Fsp3) is 0.222. The summed E-state index contributed by atoms with van der Waals surface area (Å²) in [5, 5.41) is 24.0. The smallest absolute Gasteiger partial charge is 0.437 e. The lowest BCUT2D eigenvalue weighted by Crippen LogP contribution is -2.72. The Morgan fingerprint density at radius 3 is 2.36 bits per heavy atom. The fourth-order valence-corrected chi connectivity index (χ4v) is 3.25. The molecule has 6 nitrogen and oxygen atoms in total. The van der Waals surface area contributed by atoms with Crippen molar-refractivity contribution in [2.75, 3.05) is 0 Å². The van der Waals surface area contributed by atoms with Crippen LogP contribution in [0, 0.1) is 5.92 Å². The van der Waals surface area contributed by atoms with Gasteiger partial charge in [0.25, 0.3) is 0 Å². The Kier molecular flexibility index (Phi) is 4.99. The van der Waals surface area contributed by atoms with E-state index in [1.54, 1.807) is 0 Å². The molecule has 1 heterocycles. The molecule has 0 saturated carbocycles. The highest BCUT2D eigenvalue weighted by atomic mass is 35.5. The van der Waals surface area contributed by atoms with Gasteiger partial charge in [-0.1, -0.05) is 23.7 Å². The van der Waals surface area contributed by atoms with E-state index in [1.807, 2.05) is 0 Å². The van der Waals surface area contributed by atoms with Crippen molar-refractivity contribution in [1.82, 2.24) is 10.6 Å². The number of nitrogens with one attached hydrogen (secondary N) is 2. The molecule has 10 heteroatoms. The topological polar surface area (TPSA) is 98.7 Å². The summed E-state index contributed by atoms with van der Waals surface area (Å²) in [7, 11) is 0. The van der Waals surface area contributed by atoms with Crippen LogP contribution in [0.1, 0.15) is 22.0 Å². The summed E-state index contributed by atoms with van der Waals surface area (Å²) in [4.78, 5) is 24.9. The van der Waals surface area contributed by atoms with Crippen molar-refractivity contribution >= 4 is 23.4 Å². The predicted octanol–water partition coefficient (Wildman–Crippen LogP) is 3.15. The number of rotatable bonds is 3. The minimum absolute atomic E-state index is 0.0184. The van der Waals surface area contributed by atoms with E-state index in [4.69, 9.17) is 11.6 Å². The molecule has 148 valence electrons. The van der Waals surface area contributed by atoms with Gasteiger partial charge in [0.2, 0.25) is 5.72 Å². The van der Waals surface area contributed by atoms with Crippen molar-refractivity contribution in [3.05, 3.63) is 64.7 Å². The molecule has 0 radical (unpaired) electrons. The van der Waals surface area contributed by atoms with Gasteiger partial charge in [-0.05, 0) is 42.0 Å². The Balaban J connectivity index is 2.16. The normalized spacial score (nSPS) is 25.0. The van der Waals surface area contributed by atoms with Crippen molar-refractivity contribution in [1.29, 1.82) is 0 Å². The monoisotopic (exact) mass is 414 g/mol. The molecule has 2 aromatic carbocycles. The first-order valence-electron chi connectivity index (χ1n) is 7.99. The molecule has 0 bridgehead atoms. The maximum absolute atomic E-state index is 13.7. The van der Waals surface area contributed by atoms with Gasteiger partial charge >= 0.3 is 12.2 Å². The molecule has 3 atom stereocenters. The molecule has 3 rings (SSSR count). The van der Waals surface area contributed by atoms with E-state index in [9.17, 15) is 33.0 Å². The number of amides is 2. The molecular weight excluding hydrogens is 401 g/mol. The van der Waals surface area contributed by atoms with Crippen LogP contribution in [0.3, 0.4) is 0 Å². The number of hydrogen-bond acceptors (Lipinski definition) is 4. The highest BCUT2D eigenvalue weighted by Gasteiger charge is 2.66. The van der Waals surface area contributed by atoms with Gasteiger partial charge in [-0.2, -0.15) is 13.2 Å². The van der Waals surface area contributed by atoms with E-state index in [2.05, 4.69) is 5.32 Å². The SMILES string of the molecule is O=C1N[C@H](c2cccc(O)c2)[C@H](C(=O)c2ccc(Cl)cc2)[C@@](O)(C(F)(F)F)N1. The largest absolute Gasteiger partial charge is 0.508 e. The third-order valence-electron chi connectivity index (χ3n) is 4.45. The first kappa shape index (κ1) is 20.0. The van der Waals surface area contributed by atoms with Crippen LogP contribution in [-0.2, 0) is 0 Å². The minimum atomic E-state index is -5.35. The van der Waals surface area contributed by atoms with E-state index >= 15 is 0 Å². The van der Waals surface area contributed by atoms with Gasteiger partial charge < -0.3 is 20.8 Å². The first-order valence-corrected chi connectivity index (χ1v) is 8.37. The number of halogens is 4. The number of phenolic OH excluding ortho intramolecular Hbond substituents is 1. The first-order chi connectivity index (χ1) is 13.0. The highest BCUT2D eigenvalue weighted by Crippen LogP contribution is 2.44. The van der Waals surface area contributed by atoms with Gasteiger partial charge in [-0.3, -0.25) is 4.79 Å². The summed E-state index contributed by atoms with van der Waals surface area (Å²) in [5.41, 5.74) is -3.95. The Morgan fingerprint density at radius 1 is 1.14 bits per heavy atom. The van der Waals surface area contributed by atoms with Crippen molar-refractivity contribution in [3.8, 4) is 5.75 Å². The summed E-state index contributed by atoms with van der Waals surface area (Å²) in [6, 6.07) is 7.26. The third-order valence-corrected chi connectivity index (χ3v) is 4.70. The van der Waals surface area contributed by atoms with Crippen LogP contribution in [0.4, 0.5) is 18.0 Å². The number of carbonyl (C=O) groups is 2. The second-order valence-corrected chi connectivity index (χ2v) is 6.72. The van der Waals surface area contributed by atoms with E-state index in [-0.39, 0.29) is 21.9 Å². The molecule has 1 saturated heterocycles. The number of phenols is 1. The lowest BCUT2D eigenvalue weighted by atomic mass is 9.77. The molecule has 0 unspecified atom stereocenters. The number of urea groups is 1. The van der Waals surface area contributed by atoms with Gasteiger partial charge in [0.1, 0.15) is 11.7 Å². The van der Waals surface area contributed by atoms with Crippen molar-refractivity contribution in [2.24, 2.45) is 5.92 Å². The zero-order chi connectivity index (χ0) is 20.7. The molecule has 2 amide bonds.